The van der Waals surface area contributed by atoms with Crippen LogP contribution >= 0.6 is 0 Å². The van der Waals surface area contributed by atoms with Crippen LogP contribution in [0.4, 0.5) is 4.39 Å². The van der Waals surface area contributed by atoms with Crippen molar-refractivity contribution >= 4 is 5.97 Å². The molecule has 1 N–H and O–H groups in total. The van der Waals surface area contributed by atoms with Gasteiger partial charge in [-0.2, -0.15) is 5.10 Å². The number of hydrogen-bond donors (Lipinski definition) is 1. The molecular weight excluding hydrogens is 239 g/mol. The molecule has 0 saturated heterocycles. The second-order valence-electron chi connectivity index (χ2n) is 3.70. The fourth-order valence-electron chi connectivity index (χ4n) is 1.46. The number of rotatable bonds is 4. The fraction of sp³-hybridized carbons (Fsp3) is 0.167. The zero-order valence-corrected chi connectivity index (χ0v) is 9.63. The Morgan fingerprint density at radius 2 is 2.28 bits per heavy atom. The van der Waals surface area contributed by atoms with E-state index in [-0.39, 0.29) is 18.1 Å². The zero-order chi connectivity index (χ0) is 13.1. The molecule has 94 valence electrons. The highest BCUT2D eigenvalue weighted by Gasteiger charge is 2.11. The summed E-state index contributed by atoms with van der Waals surface area (Å²) in [7, 11) is 1.62. The molecule has 1 aromatic carbocycles. The number of aryl methyl sites for hydroxylation is 1. The van der Waals surface area contributed by atoms with Gasteiger partial charge in [-0.3, -0.25) is 4.68 Å². The van der Waals surface area contributed by atoms with E-state index in [1.165, 1.54) is 28.9 Å². The number of benzene rings is 1. The van der Waals surface area contributed by atoms with Gasteiger partial charge in [-0.15, -0.1) is 0 Å². The number of ether oxygens (including phenoxy) is 1. The Morgan fingerprint density at radius 3 is 2.89 bits per heavy atom. The smallest absolute Gasteiger partial charge is 0.356 e. The van der Waals surface area contributed by atoms with Crippen molar-refractivity contribution < 1.29 is 19.0 Å². The van der Waals surface area contributed by atoms with Crippen LogP contribution in [0.15, 0.2) is 30.3 Å². The standard InChI is InChI=1S/C12H11FN2O3/c1-15-9(6-11(14-15)12(16)17)7-18-10-4-2-3-8(13)5-10/h2-6H,7H2,1H3,(H,16,17). The summed E-state index contributed by atoms with van der Waals surface area (Å²) in [6, 6.07) is 7.16. The molecule has 0 radical (unpaired) electrons. The Bertz CT molecular complexity index is 580. The van der Waals surface area contributed by atoms with Crippen molar-refractivity contribution in [2.75, 3.05) is 0 Å². The minimum absolute atomic E-state index is 0.0460. The van der Waals surface area contributed by atoms with Gasteiger partial charge in [-0.1, -0.05) is 6.07 Å². The van der Waals surface area contributed by atoms with Crippen molar-refractivity contribution in [2.24, 2.45) is 7.05 Å². The van der Waals surface area contributed by atoms with Gasteiger partial charge in [-0.25, -0.2) is 9.18 Å². The minimum Gasteiger partial charge on any atom is -0.487 e. The molecule has 1 aromatic heterocycles. The molecule has 0 bridgehead atoms. The van der Waals surface area contributed by atoms with Gasteiger partial charge in [0.1, 0.15) is 18.2 Å². The van der Waals surface area contributed by atoms with Crippen molar-refractivity contribution in [2.45, 2.75) is 6.61 Å². The molecule has 0 aliphatic heterocycles. The Labute approximate surface area is 102 Å². The second-order valence-corrected chi connectivity index (χ2v) is 3.70. The lowest BCUT2D eigenvalue weighted by molar-refractivity contribution is 0.0689. The average molecular weight is 250 g/mol. The molecule has 18 heavy (non-hydrogen) atoms. The third-order valence-electron chi connectivity index (χ3n) is 2.38. The summed E-state index contributed by atoms with van der Waals surface area (Å²) in [6.07, 6.45) is 0. The van der Waals surface area contributed by atoms with Crippen LogP contribution in [-0.2, 0) is 13.7 Å². The summed E-state index contributed by atoms with van der Waals surface area (Å²) in [5, 5.41) is 12.6. The summed E-state index contributed by atoms with van der Waals surface area (Å²) in [5.74, 6) is -1.10. The van der Waals surface area contributed by atoms with Crippen LogP contribution in [0.25, 0.3) is 0 Å². The molecule has 0 amide bonds. The van der Waals surface area contributed by atoms with E-state index < -0.39 is 5.97 Å². The molecule has 0 atom stereocenters. The normalized spacial score (nSPS) is 10.3. The van der Waals surface area contributed by atoms with E-state index in [0.29, 0.717) is 11.4 Å². The number of aromatic nitrogens is 2. The maximum Gasteiger partial charge on any atom is 0.356 e. The predicted octanol–water partition coefficient (Wildman–Crippen LogP) is 1.84. The molecule has 6 heteroatoms. The first-order valence-electron chi connectivity index (χ1n) is 5.21. The number of carboxylic acids is 1. The van der Waals surface area contributed by atoms with Crippen LogP contribution in [0.5, 0.6) is 5.75 Å². The van der Waals surface area contributed by atoms with E-state index in [1.54, 1.807) is 13.1 Å². The third kappa shape index (κ3) is 2.65. The van der Waals surface area contributed by atoms with E-state index >= 15 is 0 Å². The Kier molecular flexibility index (Phi) is 3.27. The first kappa shape index (κ1) is 12.1. The summed E-state index contributed by atoms with van der Waals surface area (Å²) < 4.78 is 19.7. The molecular formula is C12H11FN2O3. The van der Waals surface area contributed by atoms with Gasteiger partial charge in [0.15, 0.2) is 5.69 Å². The molecule has 2 aromatic rings. The number of halogens is 1. The lowest BCUT2D eigenvalue weighted by Gasteiger charge is -2.05. The van der Waals surface area contributed by atoms with Crippen LogP contribution in [-0.4, -0.2) is 20.9 Å². The Hall–Kier alpha value is -2.37. The van der Waals surface area contributed by atoms with Crippen molar-refractivity contribution in [3.05, 3.63) is 47.5 Å². The van der Waals surface area contributed by atoms with E-state index in [1.807, 2.05) is 0 Å². The number of aromatic carboxylic acids is 1. The topological polar surface area (TPSA) is 64.4 Å². The lowest BCUT2D eigenvalue weighted by Crippen LogP contribution is -2.03. The average Bonchev–Trinajstić information content (AvgIpc) is 2.68. The highest BCUT2D eigenvalue weighted by Crippen LogP contribution is 2.14. The first-order valence-corrected chi connectivity index (χ1v) is 5.21. The molecule has 0 aliphatic rings. The Morgan fingerprint density at radius 1 is 1.50 bits per heavy atom. The number of carbonyl (C=O) groups is 1. The monoisotopic (exact) mass is 250 g/mol. The Balaban J connectivity index is 2.08. The van der Waals surface area contributed by atoms with Crippen LogP contribution in [0.2, 0.25) is 0 Å². The van der Waals surface area contributed by atoms with Crippen molar-refractivity contribution in [1.29, 1.82) is 0 Å². The summed E-state index contributed by atoms with van der Waals surface area (Å²) >= 11 is 0. The molecule has 0 fully saturated rings. The second kappa shape index (κ2) is 4.87. The van der Waals surface area contributed by atoms with E-state index in [0.717, 1.165) is 0 Å². The maximum absolute atomic E-state index is 12.9. The van der Waals surface area contributed by atoms with Crippen LogP contribution in [0.3, 0.4) is 0 Å². The van der Waals surface area contributed by atoms with Gasteiger partial charge in [0.2, 0.25) is 0 Å². The lowest BCUT2D eigenvalue weighted by atomic mass is 10.3. The van der Waals surface area contributed by atoms with Crippen molar-refractivity contribution in [3.63, 3.8) is 0 Å². The highest BCUT2D eigenvalue weighted by atomic mass is 19.1. The summed E-state index contributed by atoms with van der Waals surface area (Å²) in [5.41, 5.74) is 0.548. The molecule has 0 unspecified atom stereocenters. The van der Waals surface area contributed by atoms with Crippen molar-refractivity contribution in [1.82, 2.24) is 9.78 Å². The molecule has 0 aliphatic carbocycles. The SMILES string of the molecule is Cn1nc(C(=O)O)cc1COc1cccc(F)c1. The maximum atomic E-state index is 12.9. The van der Waals surface area contributed by atoms with E-state index in [2.05, 4.69) is 5.10 Å². The van der Waals surface area contributed by atoms with Crippen LogP contribution in [0, 0.1) is 5.82 Å². The zero-order valence-electron chi connectivity index (χ0n) is 9.63. The molecule has 1 heterocycles. The summed E-state index contributed by atoms with van der Waals surface area (Å²) in [6.45, 7) is 0.125. The third-order valence-corrected chi connectivity index (χ3v) is 2.38. The van der Waals surface area contributed by atoms with Crippen molar-refractivity contribution in [3.8, 4) is 5.75 Å². The molecule has 2 rings (SSSR count). The molecule has 5 nitrogen and oxygen atoms in total. The van der Waals surface area contributed by atoms with Gasteiger partial charge in [-0.05, 0) is 18.2 Å². The quantitative estimate of drug-likeness (QED) is 0.899. The van der Waals surface area contributed by atoms with Gasteiger partial charge in [0, 0.05) is 13.1 Å². The molecule has 0 spiro atoms. The predicted molar refractivity (Wildman–Crippen MR) is 60.9 cm³/mol. The largest absolute Gasteiger partial charge is 0.487 e. The van der Waals surface area contributed by atoms with Gasteiger partial charge in [0.05, 0.1) is 5.69 Å². The highest BCUT2D eigenvalue weighted by molar-refractivity contribution is 5.85. The van der Waals surface area contributed by atoms with E-state index in [4.69, 9.17) is 9.84 Å². The van der Waals surface area contributed by atoms with E-state index in [9.17, 15) is 9.18 Å². The number of nitrogens with zero attached hydrogens (tertiary/aromatic N) is 2. The van der Waals surface area contributed by atoms with Crippen LogP contribution in [0.1, 0.15) is 16.2 Å². The fourth-order valence-corrected chi connectivity index (χ4v) is 1.46. The number of hydrogen-bond acceptors (Lipinski definition) is 3. The van der Waals surface area contributed by atoms with Gasteiger partial charge < -0.3 is 9.84 Å². The minimum atomic E-state index is -1.09. The molecule has 0 saturated carbocycles. The number of carboxylic acid groups (broad SMARTS) is 1. The first-order chi connectivity index (χ1) is 8.56. The van der Waals surface area contributed by atoms with Gasteiger partial charge >= 0.3 is 5.97 Å². The van der Waals surface area contributed by atoms with Crippen LogP contribution < -0.4 is 4.74 Å². The summed E-state index contributed by atoms with van der Waals surface area (Å²) in [4.78, 5) is 10.7. The van der Waals surface area contributed by atoms with Gasteiger partial charge in [0.25, 0.3) is 0 Å².